The Morgan fingerprint density at radius 1 is 0.800 bits per heavy atom. The molecule has 0 aromatic rings. The number of nitrogens with one attached hydrogen (secondary N) is 3. The van der Waals surface area contributed by atoms with Crippen LogP contribution in [0.15, 0.2) is 0 Å². The molecule has 0 saturated heterocycles. The van der Waals surface area contributed by atoms with Gasteiger partial charge in [0, 0.05) is 11.1 Å². The van der Waals surface area contributed by atoms with Crippen molar-refractivity contribution in [1.82, 2.24) is 14.9 Å². The third kappa shape index (κ3) is 10.4. The lowest BCUT2D eigenvalue weighted by molar-refractivity contribution is 0.461. The molecule has 0 unspecified atom stereocenters. The first-order valence-electron chi connectivity index (χ1n) is 5.81. The Morgan fingerprint density at radius 2 is 1.13 bits per heavy atom. The van der Waals surface area contributed by atoms with Gasteiger partial charge in [-0.3, -0.25) is 0 Å². The van der Waals surface area contributed by atoms with Gasteiger partial charge in [-0.05, 0) is 47.6 Å². The van der Waals surface area contributed by atoms with Gasteiger partial charge in [-0.2, -0.15) is 0 Å². The molecule has 0 aromatic heterocycles. The van der Waals surface area contributed by atoms with Gasteiger partial charge in [0.2, 0.25) is 0 Å². The van der Waals surface area contributed by atoms with Crippen LogP contribution in [0.4, 0.5) is 0 Å². The Kier molecular flexibility index (Phi) is 5.47. The molecule has 0 aliphatic heterocycles. The molecular weight excluding hydrogens is 202 g/mol. The van der Waals surface area contributed by atoms with Gasteiger partial charge in [-0.1, -0.05) is 13.8 Å². The zero-order valence-electron chi connectivity index (χ0n) is 11.7. The van der Waals surface area contributed by atoms with Crippen molar-refractivity contribution in [3.05, 3.63) is 0 Å². The molecule has 92 valence electrons. The number of hydrogen-bond acceptors (Lipinski definition) is 3. The van der Waals surface area contributed by atoms with Gasteiger partial charge in [-0.15, -0.1) is 0 Å². The summed E-state index contributed by atoms with van der Waals surface area (Å²) in [6, 6.07) is 0.520. The monoisotopic (exact) mass is 231 g/mol. The highest BCUT2D eigenvalue weighted by Crippen LogP contribution is 2.02. The van der Waals surface area contributed by atoms with E-state index in [0.717, 1.165) is 0 Å². The standard InChI is InChI=1S/C11H29N3Si/c1-9(2)12-15(13-10(3,4)5)14-11(6,7)8/h9,12-15H,1-8H3. The largest absolute Gasteiger partial charge is 0.314 e. The Balaban J connectivity index is 4.32. The third-order valence-corrected chi connectivity index (χ3v) is 4.96. The molecule has 0 aliphatic rings. The van der Waals surface area contributed by atoms with Crippen molar-refractivity contribution in [2.75, 3.05) is 0 Å². The zero-order chi connectivity index (χ0) is 12.3. The Bertz CT molecular complexity index is 163. The van der Waals surface area contributed by atoms with Gasteiger partial charge in [0.15, 0.2) is 0 Å². The van der Waals surface area contributed by atoms with Gasteiger partial charge in [0.25, 0.3) is 9.28 Å². The van der Waals surface area contributed by atoms with Crippen molar-refractivity contribution in [2.24, 2.45) is 0 Å². The Hall–Kier alpha value is 0.0969. The Morgan fingerprint density at radius 3 is 1.33 bits per heavy atom. The van der Waals surface area contributed by atoms with E-state index in [4.69, 9.17) is 0 Å². The molecule has 0 bridgehead atoms. The lowest BCUT2D eigenvalue weighted by Crippen LogP contribution is -2.68. The molecule has 0 rings (SSSR count). The zero-order valence-corrected chi connectivity index (χ0v) is 12.8. The highest BCUT2D eigenvalue weighted by Gasteiger charge is 2.23. The van der Waals surface area contributed by atoms with Crippen molar-refractivity contribution >= 4 is 9.28 Å². The predicted octanol–water partition coefficient (Wildman–Crippen LogP) is 1.48. The van der Waals surface area contributed by atoms with Crippen molar-refractivity contribution in [1.29, 1.82) is 0 Å². The van der Waals surface area contributed by atoms with E-state index in [9.17, 15) is 0 Å². The van der Waals surface area contributed by atoms with Crippen LogP contribution in [0.25, 0.3) is 0 Å². The maximum absolute atomic E-state index is 3.66. The average Bonchev–Trinajstić information content (AvgIpc) is 1.73. The first-order valence-corrected chi connectivity index (χ1v) is 7.54. The minimum atomic E-state index is -1.29. The summed E-state index contributed by atoms with van der Waals surface area (Å²) < 4.78 is 0. The molecule has 0 radical (unpaired) electrons. The first-order chi connectivity index (χ1) is 6.49. The molecule has 0 heterocycles. The van der Waals surface area contributed by atoms with Crippen LogP contribution >= 0.6 is 0 Å². The van der Waals surface area contributed by atoms with Crippen LogP contribution in [0.1, 0.15) is 55.4 Å². The minimum Gasteiger partial charge on any atom is -0.314 e. The predicted molar refractivity (Wildman–Crippen MR) is 71.2 cm³/mol. The fraction of sp³-hybridized carbons (Fsp3) is 1.00. The van der Waals surface area contributed by atoms with Gasteiger partial charge < -0.3 is 14.9 Å². The lowest BCUT2D eigenvalue weighted by atomic mass is 10.1. The lowest BCUT2D eigenvalue weighted by Gasteiger charge is -2.34. The van der Waals surface area contributed by atoms with Crippen LogP contribution in [0.5, 0.6) is 0 Å². The fourth-order valence-corrected chi connectivity index (χ4v) is 3.96. The van der Waals surface area contributed by atoms with E-state index in [1.165, 1.54) is 0 Å². The van der Waals surface area contributed by atoms with E-state index >= 15 is 0 Å². The third-order valence-electron chi connectivity index (χ3n) is 1.65. The second kappa shape index (κ2) is 5.43. The van der Waals surface area contributed by atoms with E-state index in [2.05, 4.69) is 70.3 Å². The highest BCUT2D eigenvalue weighted by atomic mass is 28.3. The van der Waals surface area contributed by atoms with E-state index in [0.29, 0.717) is 6.04 Å². The van der Waals surface area contributed by atoms with Gasteiger partial charge in [-0.25, -0.2) is 0 Å². The van der Waals surface area contributed by atoms with Gasteiger partial charge in [0.05, 0.1) is 0 Å². The molecule has 0 aromatic carbocycles. The van der Waals surface area contributed by atoms with E-state index in [1.807, 2.05) is 0 Å². The molecule has 4 heteroatoms. The molecule has 0 amide bonds. The molecule has 3 N–H and O–H groups in total. The smallest absolute Gasteiger partial charge is 0.265 e. The summed E-state index contributed by atoms with van der Waals surface area (Å²) >= 11 is 0. The molecule has 3 nitrogen and oxygen atoms in total. The van der Waals surface area contributed by atoms with Crippen LogP contribution in [-0.4, -0.2) is 26.4 Å². The van der Waals surface area contributed by atoms with E-state index < -0.39 is 9.28 Å². The molecule has 0 saturated carbocycles. The van der Waals surface area contributed by atoms with E-state index in [1.54, 1.807) is 0 Å². The van der Waals surface area contributed by atoms with Crippen molar-refractivity contribution in [2.45, 2.75) is 72.5 Å². The summed E-state index contributed by atoms with van der Waals surface area (Å²) in [5.41, 5.74) is 0.327. The number of rotatable bonds is 4. The number of hydrogen-bond donors (Lipinski definition) is 3. The normalized spacial score (nSPS) is 14.0. The van der Waals surface area contributed by atoms with Crippen molar-refractivity contribution < 1.29 is 0 Å². The molecule has 0 fully saturated rings. The SMILES string of the molecule is CC(C)N[SiH](NC(C)(C)C)NC(C)(C)C. The highest BCUT2D eigenvalue weighted by molar-refractivity contribution is 6.50. The van der Waals surface area contributed by atoms with Gasteiger partial charge >= 0.3 is 0 Å². The summed E-state index contributed by atoms with van der Waals surface area (Å²) in [5.74, 6) is 0. The summed E-state index contributed by atoms with van der Waals surface area (Å²) in [6.07, 6.45) is 0. The molecular formula is C11H29N3Si. The van der Waals surface area contributed by atoms with E-state index in [-0.39, 0.29) is 11.1 Å². The molecule has 0 spiro atoms. The van der Waals surface area contributed by atoms with Crippen LogP contribution in [-0.2, 0) is 0 Å². The summed E-state index contributed by atoms with van der Waals surface area (Å²) in [6.45, 7) is 17.6. The summed E-state index contributed by atoms with van der Waals surface area (Å²) in [4.78, 5) is 10.9. The summed E-state index contributed by atoms with van der Waals surface area (Å²) in [7, 11) is -1.29. The van der Waals surface area contributed by atoms with Crippen molar-refractivity contribution in [3.8, 4) is 0 Å². The maximum Gasteiger partial charge on any atom is 0.265 e. The second-order valence-electron chi connectivity index (χ2n) is 6.54. The average molecular weight is 231 g/mol. The summed E-state index contributed by atoms with van der Waals surface area (Å²) in [5, 5.41) is 0. The van der Waals surface area contributed by atoms with Crippen molar-refractivity contribution in [3.63, 3.8) is 0 Å². The molecule has 15 heavy (non-hydrogen) atoms. The minimum absolute atomic E-state index is 0.164. The van der Waals surface area contributed by atoms with Crippen LogP contribution in [0.2, 0.25) is 0 Å². The van der Waals surface area contributed by atoms with Crippen LogP contribution in [0.3, 0.4) is 0 Å². The fourth-order valence-electron chi connectivity index (χ4n) is 1.32. The molecule has 0 atom stereocenters. The maximum atomic E-state index is 3.66. The quantitative estimate of drug-likeness (QED) is 0.642. The van der Waals surface area contributed by atoms with Crippen LogP contribution < -0.4 is 14.9 Å². The van der Waals surface area contributed by atoms with Crippen LogP contribution in [0, 0.1) is 0 Å². The topological polar surface area (TPSA) is 36.1 Å². The second-order valence-corrected chi connectivity index (χ2v) is 8.32. The Labute approximate surface area is 97.3 Å². The first kappa shape index (κ1) is 15.1. The molecule has 0 aliphatic carbocycles. The van der Waals surface area contributed by atoms with Gasteiger partial charge in [0.1, 0.15) is 0 Å².